The Balaban J connectivity index is 1.44. The largest absolute Gasteiger partial charge is 0.365 e. The molecule has 7 heteroatoms. The van der Waals surface area contributed by atoms with Gasteiger partial charge in [-0.2, -0.15) is 0 Å². The molecule has 2 bridgehead atoms. The molecule has 0 spiro atoms. The molecule has 3 aliphatic rings. The summed E-state index contributed by atoms with van der Waals surface area (Å²) in [7, 11) is 0. The molecule has 1 N–H and O–H groups in total. The molecule has 1 amide bonds. The Bertz CT molecular complexity index is 1080. The van der Waals surface area contributed by atoms with E-state index in [1.807, 2.05) is 37.1 Å². The van der Waals surface area contributed by atoms with Gasteiger partial charge < -0.3 is 10.2 Å². The average molecular weight is 415 g/mol. The molecule has 158 valence electrons. The van der Waals surface area contributed by atoms with E-state index in [0.29, 0.717) is 23.0 Å². The maximum absolute atomic E-state index is 13.8. The van der Waals surface area contributed by atoms with Gasteiger partial charge in [0.15, 0.2) is 5.82 Å². The average Bonchev–Trinajstić information content (AvgIpc) is 2.81. The van der Waals surface area contributed by atoms with E-state index in [4.69, 9.17) is 0 Å². The number of hydrogen-bond donors (Lipinski definition) is 1. The summed E-state index contributed by atoms with van der Waals surface area (Å²) in [5.74, 6) is 1.85. The molecule has 31 heavy (non-hydrogen) atoms. The molecule has 7 nitrogen and oxygen atoms in total. The maximum atomic E-state index is 13.8. The first-order valence-corrected chi connectivity index (χ1v) is 10.8. The van der Waals surface area contributed by atoms with Crippen LogP contribution in [0, 0.1) is 19.8 Å². The van der Waals surface area contributed by atoms with E-state index >= 15 is 0 Å². The van der Waals surface area contributed by atoms with E-state index < -0.39 is 0 Å². The minimum absolute atomic E-state index is 0.0109. The number of hydrogen-bond acceptors (Lipinski definition) is 6. The Kier molecular flexibility index (Phi) is 5.10. The summed E-state index contributed by atoms with van der Waals surface area (Å²) in [6.45, 7) is 4.77. The molecule has 3 fully saturated rings. The van der Waals surface area contributed by atoms with Gasteiger partial charge in [0, 0.05) is 37.4 Å². The number of fused-ring (bicyclic) bond motifs is 3. The highest BCUT2D eigenvalue weighted by Gasteiger charge is 2.43. The normalized spacial score (nSPS) is 22.4. The van der Waals surface area contributed by atoms with Crippen LogP contribution < -0.4 is 5.32 Å². The molecule has 3 aromatic heterocycles. The van der Waals surface area contributed by atoms with Crippen LogP contribution in [-0.4, -0.2) is 49.4 Å². The van der Waals surface area contributed by atoms with Gasteiger partial charge in [0.25, 0.3) is 5.91 Å². The van der Waals surface area contributed by atoms with Crippen LogP contribution in [0.25, 0.3) is 11.5 Å². The molecule has 3 aromatic rings. The summed E-state index contributed by atoms with van der Waals surface area (Å²) in [6, 6.07) is 8.07. The number of amides is 1. The van der Waals surface area contributed by atoms with Crippen LogP contribution in [0.2, 0.25) is 0 Å². The predicted octanol–water partition coefficient (Wildman–Crippen LogP) is 3.66. The maximum Gasteiger partial charge on any atom is 0.256 e. The molecule has 0 radical (unpaired) electrons. The molecule has 6 rings (SSSR count). The van der Waals surface area contributed by atoms with Crippen LogP contribution in [0.1, 0.15) is 40.7 Å². The van der Waals surface area contributed by atoms with E-state index in [-0.39, 0.29) is 18.0 Å². The van der Waals surface area contributed by atoms with Crippen molar-refractivity contribution in [3.05, 3.63) is 65.7 Å². The lowest BCUT2D eigenvalue weighted by Gasteiger charge is -2.50. The molecule has 1 unspecified atom stereocenters. The van der Waals surface area contributed by atoms with Crippen molar-refractivity contribution in [1.82, 2.24) is 24.8 Å². The third-order valence-corrected chi connectivity index (χ3v) is 6.32. The summed E-state index contributed by atoms with van der Waals surface area (Å²) >= 11 is 0. The lowest BCUT2D eigenvalue weighted by atomic mass is 9.76. The fourth-order valence-corrected chi connectivity index (χ4v) is 4.81. The number of nitrogens with zero attached hydrogens (tertiary/aromatic N) is 5. The van der Waals surface area contributed by atoms with Crippen molar-refractivity contribution in [3.63, 3.8) is 0 Å². The van der Waals surface area contributed by atoms with Crippen LogP contribution in [-0.2, 0) is 0 Å². The van der Waals surface area contributed by atoms with Crippen molar-refractivity contribution in [2.45, 2.75) is 45.2 Å². The number of carbonyl (C=O) groups is 1. The molecule has 5 heterocycles. The van der Waals surface area contributed by atoms with Gasteiger partial charge in [0.2, 0.25) is 0 Å². The van der Waals surface area contributed by atoms with Crippen molar-refractivity contribution in [3.8, 4) is 11.5 Å². The minimum Gasteiger partial charge on any atom is -0.365 e. The highest BCUT2D eigenvalue weighted by molar-refractivity contribution is 5.99. The first-order valence-electron chi connectivity index (χ1n) is 10.8. The van der Waals surface area contributed by atoms with Gasteiger partial charge in [0.05, 0.1) is 11.6 Å². The highest BCUT2D eigenvalue weighted by atomic mass is 16.2. The lowest BCUT2D eigenvalue weighted by molar-refractivity contribution is 0.0282. The fourth-order valence-electron chi connectivity index (χ4n) is 4.81. The SMILES string of the molecule is Cc1ccc(N[C@@H]2CC3CC[C@@H]2N(C(=O)c2cc(C)cnc2-c2ncccn2)C3)nc1. The van der Waals surface area contributed by atoms with Crippen molar-refractivity contribution in [2.75, 3.05) is 11.9 Å². The van der Waals surface area contributed by atoms with Crippen molar-refractivity contribution in [1.29, 1.82) is 0 Å². The van der Waals surface area contributed by atoms with Crippen molar-refractivity contribution >= 4 is 11.7 Å². The quantitative estimate of drug-likeness (QED) is 0.701. The molecule has 3 atom stereocenters. The van der Waals surface area contributed by atoms with Gasteiger partial charge in [-0.1, -0.05) is 6.07 Å². The summed E-state index contributed by atoms with van der Waals surface area (Å²) < 4.78 is 0. The molecule has 2 aliphatic heterocycles. The second kappa shape index (κ2) is 8.06. The van der Waals surface area contributed by atoms with Gasteiger partial charge in [-0.15, -0.1) is 0 Å². The van der Waals surface area contributed by atoms with Crippen molar-refractivity contribution < 1.29 is 4.79 Å². The first-order chi connectivity index (χ1) is 15.1. The molecule has 1 aliphatic carbocycles. The summed E-state index contributed by atoms with van der Waals surface area (Å²) in [5.41, 5.74) is 3.20. The van der Waals surface area contributed by atoms with Crippen LogP contribution >= 0.6 is 0 Å². The molecule has 0 aromatic carbocycles. The van der Waals surface area contributed by atoms with Gasteiger partial charge in [0.1, 0.15) is 11.5 Å². The number of pyridine rings is 2. The molecular weight excluding hydrogens is 388 g/mol. The molecular formula is C24H26N6O. The highest BCUT2D eigenvalue weighted by Crippen LogP contribution is 2.38. The smallest absolute Gasteiger partial charge is 0.256 e. The van der Waals surface area contributed by atoms with Gasteiger partial charge in [-0.3, -0.25) is 9.78 Å². The number of anilines is 1. The van der Waals surface area contributed by atoms with E-state index in [1.165, 1.54) is 0 Å². The Morgan fingerprint density at radius 3 is 2.58 bits per heavy atom. The number of aromatic nitrogens is 4. The minimum atomic E-state index is 0.0109. The number of rotatable bonds is 4. The molecule has 2 saturated heterocycles. The third kappa shape index (κ3) is 3.87. The Morgan fingerprint density at radius 2 is 1.84 bits per heavy atom. The summed E-state index contributed by atoms with van der Waals surface area (Å²) in [4.78, 5) is 33.5. The second-order valence-electron chi connectivity index (χ2n) is 8.66. The zero-order valence-electron chi connectivity index (χ0n) is 17.8. The van der Waals surface area contributed by atoms with E-state index in [2.05, 4.69) is 31.3 Å². The topological polar surface area (TPSA) is 83.9 Å². The first kappa shape index (κ1) is 19.6. The number of aryl methyl sites for hydroxylation is 2. The van der Waals surface area contributed by atoms with Crippen LogP contribution in [0.5, 0.6) is 0 Å². The monoisotopic (exact) mass is 414 g/mol. The Labute approximate surface area is 182 Å². The van der Waals surface area contributed by atoms with Crippen molar-refractivity contribution in [2.24, 2.45) is 5.92 Å². The second-order valence-corrected chi connectivity index (χ2v) is 8.66. The summed E-state index contributed by atoms with van der Waals surface area (Å²) in [5, 5.41) is 3.59. The third-order valence-electron chi connectivity index (χ3n) is 6.32. The van der Waals surface area contributed by atoms with Gasteiger partial charge in [-0.05, 0) is 68.4 Å². The standard InChI is InChI=1S/C24H26N6O/c1-15-4-7-21(27-12-15)29-19-11-17-5-6-20(19)30(14-17)24(31)18-10-16(2)13-28-22(18)23-25-8-3-9-26-23/h3-4,7-10,12-13,17,19-20H,5-6,11,14H2,1-2H3,(H,27,29)/t17?,19-,20+/m1/s1. The number of piperidine rings is 2. The van der Waals surface area contributed by atoms with E-state index in [1.54, 1.807) is 24.7 Å². The van der Waals surface area contributed by atoms with Gasteiger partial charge in [-0.25, -0.2) is 15.0 Å². The van der Waals surface area contributed by atoms with Gasteiger partial charge >= 0.3 is 0 Å². The number of nitrogens with one attached hydrogen (secondary N) is 1. The number of carbonyl (C=O) groups excluding carboxylic acids is 1. The molecule has 1 saturated carbocycles. The van der Waals surface area contributed by atoms with Crippen LogP contribution in [0.3, 0.4) is 0 Å². The lowest BCUT2D eigenvalue weighted by Crippen LogP contribution is -2.59. The zero-order valence-corrected chi connectivity index (χ0v) is 17.8. The fraction of sp³-hybridized carbons (Fsp3) is 0.375. The Hall–Kier alpha value is -3.35. The van der Waals surface area contributed by atoms with Crippen LogP contribution in [0.4, 0.5) is 5.82 Å². The predicted molar refractivity (Wildman–Crippen MR) is 119 cm³/mol. The Morgan fingerprint density at radius 1 is 1.03 bits per heavy atom. The van der Waals surface area contributed by atoms with Crippen LogP contribution in [0.15, 0.2) is 49.1 Å². The summed E-state index contributed by atoms with van der Waals surface area (Å²) in [6.07, 6.45) is 10.2. The van der Waals surface area contributed by atoms with E-state index in [0.717, 1.165) is 42.8 Å². The zero-order chi connectivity index (χ0) is 21.4. The van der Waals surface area contributed by atoms with E-state index in [9.17, 15) is 4.79 Å².